The zero-order valence-electron chi connectivity index (χ0n) is 6.21. The van der Waals surface area contributed by atoms with Crippen molar-refractivity contribution < 1.29 is 4.42 Å². The summed E-state index contributed by atoms with van der Waals surface area (Å²) in [5.74, 6) is 0. The van der Waals surface area contributed by atoms with Crippen LogP contribution in [0.3, 0.4) is 0 Å². The van der Waals surface area contributed by atoms with Crippen LogP contribution in [-0.2, 0) is 7.05 Å². The molecule has 0 spiro atoms. The minimum atomic E-state index is 1.38. The van der Waals surface area contributed by atoms with Crippen LogP contribution in [0.25, 0.3) is 0 Å². The Morgan fingerprint density at radius 1 is 1.27 bits per heavy atom. The van der Waals surface area contributed by atoms with Crippen molar-refractivity contribution in [3.8, 4) is 0 Å². The van der Waals surface area contributed by atoms with Crippen LogP contribution in [0.4, 0.5) is 0 Å². The van der Waals surface area contributed by atoms with E-state index in [9.17, 15) is 0 Å². The van der Waals surface area contributed by atoms with Gasteiger partial charge in [-0.25, -0.2) is 9.97 Å². The van der Waals surface area contributed by atoms with E-state index in [4.69, 9.17) is 0 Å². The number of rotatable bonds is 0. The molecule has 0 saturated heterocycles. The fraction of sp³-hybridized carbons (Fsp3) is 0.143. The predicted octanol–water partition coefficient (Wildman–Crippen LogP) is 1.09. The summed E-state index contributed by atoms with van der Waals surface area (Å²) in [5, 5.41) is 0. The molecule has 0 aliphatic rings. The summed E-state index contributed by atoms with van der Waals surface area (Å²) in [4.78, 5) is 7.34. The Hall–Kier alpha value is -1.58. The first-order valence-corrected chi connectivity index (χ1v) is 3.13. The lowest BCUT2D eigenvalue weighted by atomic mass is 10.9. The topological polar surface area (TPSA) is 43.9 Å². The van der Waals surface area contributed by atoms with Crippen molar-refractivity contribution in [2.45, 2.75) is 0 Å². The summed E-state index contributed by atoms with van der Waals surface area (Å²) in [6.45, 7) is 0. The van der Waals surface area contributed by atoms with Crippen LogP contribution in [-0.4, -0.2) is 14.5 Å². The molecule has 2 aromatic heterocycles. The van der Waals surface area contributed by atoms with E-state index in [0.717, 1.165) is 0 Å². The molecule has 0 aromatic carbocycles. The number of nitrogens with zero attached hydrogens (tertiary/aromatic N) is 3. The van der Waals surface area contributed by atoms with Gasteiger partial charge in [-0.3, -0.25) is 0 Å². The van der Waals surface area contributed by atoms with Gasteiger partial charge in [0, 0.05) is 19.4 Å². The number of aromatic nitrogens is 3. The molecule has 0 unspecified atom stereocenters. The van der Waals surface area contributed by atoms with Crippen LogP contribution in [0.1, 0.15) is 0 Å². The molecule has 2 rings (SSSR count). The zero-order chi connectivity index (χ0) is 7.94. The maximum atomic E-state index is 4.47. The summed E-state index contributed by atoms with van der Waals surface area (Å²) >= 11 is 0. The number of oxazole rings is 1. The predicted molar refractivity (Wildman–Crippen MR) is 39.7 cm³/mol. The third kappa shape index (κ3) is 3.20. The molecule has 58 valence electrons. The second kappa shape index (κ2) is 4.27. The Morgan fingerprint density at radius 2 is 2.18 bits per heavy atom. The summed E-state index contributed by atoms with van der Waals surface area (Å²) in [6, 6.07) is 0. The fourth-order valence-electron chi connectivity index (χ4n) is 0.501. The quantitative estimate of drug-likeness (QED) is 0.566. The lowest BCUT2D eigenvalue weighted by molar-refractivity contribution is 0.558. The molecule has 4 nitrogen and oxygen atoms in total. The van der Waals surface area contributed by atoms with Crippen LogP contribution in [0.5, 0.6) is 0 Å². The van der Waals surface area contributed by atoms with Crippen molar-refractivity contribution in [1.29, 1.82) is 0 Å². The fourth-order valence-corrected chi connectivity index (χ4v) is 0.501. The molecule has 11 heavy (non-hydrogen) atoms. The van der Waals surface area contributed by atoms with Gasteiger partial charge in [0.2, 0.25) is 0 Å². The lowest BCUT2D eigenvalue weighted by Gasteiger charge is -1.76. The molecule has 0 fully saturated rings. The molecule has 4 heteroatoms. The van der Waals surface area contributed by atoms with Gasteiger partial charge in [-0.05, 0) is 0 Å². The van der Waals surface area contributed by atoms with Gasteiger partial charge in [-0.2, -0.15) is 0 Å². The van der Waals surface area contributed by atoms with Gasteiger partial charge >= 0.3 is 0 Å². The largest absolute Gasteiger partial charge is 0.452 e. The molecule has 0 aliphatic carbocycles. The van der Waals surface area contributed by atoms with Crippen molar-refractivity contribution in [3.05, 3.63) is 37.6 Å². The molecule has 0 amide bonds. The van der Waals surface area contributed by atoms with Gasteiger partial charge in [0.15, 0.2) is 6.39 Å². The van der Waals surface area contributed by atoms with E-state index in [1.807, 2.05) is 17.8 Å². The average molecular weight is 151 g/mol. The van der Waals surface area contributed by atoms with E-state index >= 15 is 0 Å². The summed E-state index contributed by atoms with van der Waals surface area (Å²) < 4.78 is 6.36. The third-order valence-corrected chi connectivity index (χ3v) is 0.984. The standard InChI is InChI=1S/C4H6N2.C3H3NO/c1-6-3-2-5-4-6;1-2-5-3-4-1/h2-4H,1H3;1-3H. The second-order valence-electron chi connectivity index (χ2n) is 1.90. The minimum absolute atomic E-state index is 1.38. The zero-order valence-corrected chi connectivity index (χ0v) is 6.21. The molecular weight excluding hydrogens is 142 g/mol. The number of aryl methyl sites for hydroxylation is 1. The van der Waals surface area contributed by atoms with Gasteiger partial charge in [-0.1, -0.05) is 0 Å². The Kier molecular flexibility index (Phi) is 2.92. The Labute approximate surface area is 64.5 Å². The maximum absolute atomic E-state index is 4.47. The van der Waals surface area contributed by atoms with Crippen LogP contribution in [0, 0.1) is 0 Å². The smallest absolute Gasteiger partial charge is 0.180 e. The highest BCUT2D eigenvalue weighted by Gasteiger charge is 1.69. The highest BCUT2D eigenvalue weighted by Crippen LogP contribution is 1.73. The second-order valence-corrected chi connectivity index (χ2v) is 1.90. The molecule has 0 atom stereocenters. The van der Waals surface area contributed by atoms with Crippen LogP contribution >= 0.6 is 0 Å². The number of hydrogen-bond acceptors (Lipinski definition) is 3. The molecule has 0 saturated carbocycles. The third-order valence-electron chi connectivity index (χ3n) is 0.984. The minimum Gasteiger partial charge on any atom is -0.452 e. The van der Waals surface area contributed by atoms with E-state index in [1.165, 1.54) is 12.7 Å². The van der Waals surface area contributed by atoms with Crippen molar-refractivity contribution in [1.82, 2.24) is 14.5 Å². The summed E-state index contributed by atoms with van der Waals surface area (Å²) in [7, 11) is 1.94. The van der Waals surface area contributed by atoms with Crippen molar-refractivity contribution in [2.75, 3.05) is 0 Å². The van der Waals surface area contributed by atoms with Gasteiger partial charge in [0.25, 0.3) is 0 Å². The molecule has 0 radical (unpaired) electrons. The first kappa shape index (κ1) is 7.53. The Morgan fingerprint density at radius 3 is 2.36 bits per heavy atom. The SMILES string of the molecule is Cn1ccnc1.c1cocn1. The maximum Gasteiger partial charge on any atom is 0.180 e. The monoisotopic (exact) mass is 151 g/mol. The molecule has 2 heterocycles. The lowest BCUT2D eigenvalue weighted by Crippen LogP contribution is -1.76. The Balaban J connectivity index is 0.000000112. The Bertz CT molecular complexity index is 232. The van der Waals surface area contributed by atoms with E-state index in [-0.39, 0.29) is 0 Å². The highest BCUT2D eigenvalue weighted by molar-refractivity contribution is 4.70. The summed E-state index contributed by atoms with van der Waals surface area (Å²) in [6.07, 6.45) is 9.86. The number of hydrogen-bond donors (Lipinski definition) is 0. The van der Waals surface area contributed by atoms with Crippen LogP contribution < -0.4 is 0 Å². The van der Waals surface area contributed by atoms with Crippen LogP contribution in [0.15, 0.2) is 42.0 Å². The van der Waals surface area contributed by atoms with E-state index < -0.39 is 0 Å². The molecule has 0 N–H and O–H groups in total. The average Bonchev–Trinajstić information content (AvgIpc) is 2.57. The molecular formula is C7H9N3O. The van der Waals surface area contributed by atoms with E-state index in [0.29, 0.717) is 0 Å². The van der Waals surface area contributed by atoms with Crippen molar-refractivity contribution in [2.24, 2.45) is 7.05 Å². The highest BCUT2D eigenvalue weighted by atomic mass is 16.3. The van der Waals surface area contributed by atoms with Crippen LogP contribution in [0.2, 0.25) is 0 Å². The van der Waals surface area contributed by atoms with Crippen molar-refractivity contribution >= 4 is 0 Å². The molecule has 0 aliphatic heterocycles. The molecule has 0 bridgehead atoms. The number of imidazole rings is 1. The first-order chi connectivity index (χ1) is 5.39. The van der Waals surface area contributed by atoms with Gasteiger partial charge in [0.1, 0.15) is 6.26 Å². The van der Waals surface area contributed by atoms with E-state index in [1.54, 1.807) is 18.7 Å². The van der Waals surface area contributed by atoms with Crippen molar-refractivity contribution in [3.63, 3.8) is 0 Å². The molecule has 2 aromatic rings. The van der Waals surface area contributed by atoms with Gasteiger partial charge < -0.3 is 8.98 Å². The van der Waals surface area contributed by atoms with Gasteiger partial charge in [0.05, 0.1) is 12.5 Å². The van der Waals surface area contributed by atoms with Gasteiger partial charge in [-0.15, -0.1) is 0 Å². The normalized spacial score (nSPS) is 8.45. The summed E-state index contributed by atoms with van der Waals surface area (Å²) in [5.41, 5.74) is 0. The first-order valence-electron chi connectivity index (χ1n) is 3.13. The van der Waals surface area contributed by atoms with E-state index in [2.05, 4.69) is 14.4 Å².